The van der Waals surface area contributed by atoms with Gasteiger partial charge in [0.05, 0.1) is 0 Å². The molecule has 13 heavy (non-hydrogen) atoms. The lowest BCUT2D eigenvalue weighted by molar-refractivity contribution is 0.621. The summed E-state index contributed by atoms with van der Waals surface area (Å²) in [6, 6.07) is 8.05. The minimum atomic E-state index is -3.72. The molecule has 0 heterocycles. The van der Waals surface area contributed by atoms with Crippen LogP contribution in [0, 0.1) is 6.92 Å². The maximum atomic E-state index is 9.16. The summed E-state index contributed by atoms with van der Waals surface area (Å²) < 4.78 is 18.3. The van der Waals surface area contributed by atoms with Crippen molar-refractivity contribution in [1.82, 2.24) is 0 Å². The topological polar surface area (TPSA) is 34.1 Å². The average molecular weight is 259 g/mol. The first-order valence-corrected chi connectivity index (χ1v) is 6.77. The van der Waals surface area contributed by atoms with E-state index in [4.69, 9.17) is 8.42 Å². The molecular weight excluding hydrogens is 251 g/mol. The highest BCUT2D eigenvalue weighted by atomic mass is 36.0. The average Bonchev–Trinajstić information content (AvgIpc) is 1.81. The molecule has 0 aliphatic rings. The van der Waals surface area contributed by atoms with Crippen molar-refractivity contribution in [2.24, 2.45) is 0 Å². The Bertz CT molecular complexity index is 337. The van der Waals surface area contributed by atoms with Gasteiger partial charge in [-0.3, -0.25) is 0 Å². The normalized spacial score (nSPS) is 10.2. The zero-order chi connectivity index (χ0) is 10.5. The fourth-order valence-corrected chi connectivity index (χ4v) is 0.918. The molecule has 6 heteroatoms. The van der Waals surface area contributed by atoms with E-state index in [1.807, 2.05) is 18.2 Å². The third-order valence-electron chi connectivity index (χ3n) is 1.00. The van der Waals surface area contributed by atoms with E-state index >= 15 is 0 Å². The van der Waals surface area contributed by atoms with Crippen LogP contribution in [-0.2, 0) is 8.26 Å². The van der Waals surface area contributed by atoms with E-state index in [9.17, 15) is 0 Å². The molecule has 0 aliphatic carbocycles. The van der Waals surface area contributed by atoms with Gasteiger partial charge in [-0.2, -0.15) is 8.42 Å². The summed E-state index contributed by atoms with van der Waals surface area (Å²) in [7, 11) is 4.81. The van der Waals surface area contributed by atoms with Crippen LogP contribution >= 0.6 is 34.0 Å². The Morgan fingerprint density at radius 2 is 1.77 bits per heavy atom. The summed E-state index contributed by atoms with van der Waals surface area (Å²) in [4.78, 5) is 1.03. The summed E-state index contributed by atoms with van der Waals surface area (Å²) in [5, 5.41) is 0. The van der Waals surface area contributed by atoms with Gasteiger partial charge in [-0.15, -0.1) is 12.6 Å². The van der Waals surface area contributed by atoms with Crippen molar-refractivity contribution in [2.45, 2.75) is 11.8 Å². The predicted octanol–water partition coefficient (Wildman–Crippen LogP) is 2.99. The highest BCUT2D eigenvalue weighted by Crippen LogP contribution is 2.06. The van der Waals surface area contributed by atoms with Crippen LogP contribution in [0.15, 0.2) is 29.2 Å². The van der Waals surface area contributed by atoms with E-state index in [-0.39, 0.29) is 0 Å². The van der Waals surface area contributed by atoms with Gasteiger partial charge in [-0.05, 0) is 19.1 Å². The third-order valence-corrected chi connectivity index (χ3v) is 1.28. The van der Waals surface area contributed by atoms with Gasteiger partial charge in [0.25, 0.3) is 0 Å². The smallest absolute Gasteiger partial charge is 0.195 e. The van der Waals surface area contributed by atoms with Gasteiger partial charge in [-0.25, -0.2) is 0 Å². The molecule has 1 aromatic carbocycles. The van der Waals surface area contributed by atoms with Crippen LogP contribution in [0.3, 0.4) is 0 Å². The molecule has 1 rings (SSSR count). The second kappa shape index (κ2) is 5.75. The van der Waals surface area contributed by atoms with Crippen molar-refractivity contribution in [1.29, 1.82) is 0 Å². The van der Waals surface area contributed by atoms with Crippen molar-refractivity contribution in [3.63, 3.8) is 0 Å². The molecule has 0 amide bonds. The van der Waals surface area contributed by atoms with E-state index in [0.29, 0.717) is 0 Å². The van der Waals surface area contributed by atoms with E-state index in [0.717, 1.165) is 4.90 Å². The van der Waals surface area contributed by atoms with Gasteiger partial charge in [-0.1, -0.05) is 17.7 Å². The highest BCUT2D eigenvalue weighted by Gasteiger charge is 1.88. The summed E-state index contributed by atoms with van der Waals surface area (Å²) in [6.45, 7) is 2.06. The Kier molecular flexibility index (Phi) is 5.80. The molecule has 0 atom stereocenters. The number of thiol groups is 1. The Morgan fingerprint density at radius 3 is 2.00 bits per heavy atom. The number of benzene rings is 1. The zero-order valence-electron chi connectivity index (χ0n) is 6.74. The molecule has 0 radical (unpaired) electrons. The van der Waals surface area contributed by atoms with Crippen LogP contribution in [0.4, 0.5) is 0 Å². The maximum absolute atomic E-state index is 9.16. The molecule has 2 nitrogen and oxygen atoms in total. The lowest BCUT2D eigenvalue weighted by atomic mass is 10.2. The van der Waals surface area contributed by atoms with Crippen molar-refractivity contribution in [3.8, 4) is 0 Å². The van der Waals surface area contributed by atoms with E-state index in [1.54, 1.807) is 0 Å². The second-order valence-corrected chi connectivity index (χ2v) is 6.40. The van der Waals surface area contributed by atoms with Crippen LogP contribution in [0.1, 0.15) is 5.56 Å². The molecule has 0 aliphatic heterocycles. The molecule has 0 aromatic heterocycles. The number of hydrogen-bond donors (Lipinski definition) is 1. The van der Waals surface area contributed by atoms with Crippen LogP contribution in [0.5, 0.6) is 0 Å². The van der Waals surface area contributed by atoms with E-state index < -0.39 is 8.26 Å². The van der Waals surface area contributed by atoms with Crippen LogP contribution in [0.2, 0.25) is 0 Å². The van der Waals surface area contributed by atoms with Gasteiger partial charge in [0, 0.05) is 26.3 Å². The maximum Gasteiger partial charge on any atom is 0.317 e. The first-order valence-electron chi connectivity index (χ1n) is 3.19. The summed E-state index contributed by atoms with van der Waals surface area (Å²) in [5.74, 6) is 0. The van der Waals surface area contributed by atoms with Crippen molar-refractivity contribution >= 4 is 42.3 Å². The molecule has 0 bridgehead atoms. The minimum absolute atomic E-state index is 1.03. The Labute approximate surface area is 92.2 Å². The zero-order valence-corrected chi connectivity index (χ0v) is 9.96. The molecule has 1 aromatic rings. The third kappa shape index (κ3) is 12.1. The summed E-state index contributed by atoms with van der Waals surface area (Å²) >= 11 is 4.15. The van der Waals surface area contributed by atoms with Crippen LogP contribution < -0.4 is 0 Å². The molecular formula is C7H8Cl2O2S2. The summed E-state index contributed by atoms with van der Waals surface area (Å²) in [5.41, 5.74) is 1.26. The van der Waals surface area contributed by atoms with E-state index in [1.165, 1.54) is 5.56 Å². The monoisotopic (exact) mass is 258 g/mol. The van der Waals surface area contributed by atoms with Gasteiger partial charge in [0.15, 0.2) is 0 Å². The highest BCUT2D eigenvalue weighted by molar-refractivity contribution is 8.31. The van der Waals surface area contributed by atoms with Crippen molar-refractivity contribution < 1.29 is 8.42 Å². The molecule has 0 saturated heterocycles. The Hall–Kier alpha value is 0.1000. The molecule has 0 saturated carbocycles. The quantitative estimate of drug-likeness (QED) is 0.574. The molecule has 0 N–H and O–H groups in total. The first-order chi connectivity index (χ1) is 5.79. The van der Waals surface area contributed by atoms with Gasteiger partial charge < -0.3 is 0 Å². The fraction of sp³-hybridized carbons (Fsp3) is 0.143. The standard InChI is InChI=1S/C7H8S.Cl2O2S/c1-6-3-2-4-7(8)5-6;1-5(2,3)4/h2-5,8H,1H3;. The number of hydrogen-bond acceptors (Lipinski definition) is 3. The van der Waals surface area contributed by atoms with Gasteiger partial charge >= 0.3 is 8.26 Å². The lowest BCUT2D eigenvalue weighted by Crippen LogP contribution is -1.67. The molecule has 0 fully saturated rings. The Balaban J connectivity index is 0.000000252. The SMILES string of the molecule is Cc1cccc(S)c1.O=S(=O)(Cl)Cl. The number of aryl methyl sites for hydroxylation is 1. The second-order valence-electron chi connectivity index (χ2n) is 2.22. The molecule has 0 unspecified atom stereocenters. The largest absolute Gasteiger partial charge is 0.317 e. The van der Waals surface area contributed by atoms with Crippen molar-refractivity contribution in [2.75, 3.05) is 0 Å². The van der Waals surface area contributed by atoms with Gasteiger partial charge in [0.1, 0.15) is 0 Å². The first kappa shape index (κ1) is 13.1. The Morgan fingerprint density at radius 1 is 1.31 bits per heavy atom. The van der Waals surface area contributed by atoms with Crippen LogP contribution in [0.25, 0.3) is 0 Å². The molecule has 74 valence electrons. The van der Waals surface area contributed by atoms with Crippen LogP contribution in [-0.4, -0.2) is 8.42 Å². The fourth-order valence-electron chi connectivity index (χ4n) is 0.628. The van der Waals surface area contributed by atoms with Crippen molar-refractivity contribution in [3.05, 3.63) is 29.8 Å². The van der Waals surface area contributed by atoms with E-state index in [2.05, 4.69) is 47.0 Å². The van der Waals surface area contributed by atoms with Gasteiger partial charge in [0.2, 0.25) is 0 Å². The predicted molar refractivity (Wildman–Crippen MR) is 59.1 cm³/mol. The molecule has 0 spiro atoms. The number of halogens is 2. The lowest BCUT2D eigenvalue weighted by Gasteiger charge is -1.89. The minimum Gasteiger partial charge on any atom is -0.195 e. The summed E-state index contributed by atoms with van der Waals surface area (Å²) in [6.07, 6.45) is 0. The number of rotatable bonds is 0.